The molecule has 0 spiro atoms. The van der Waals surface area contributed by atoms with E-state index >= 15 is 0 Å². The van der Waals surface area contributed by atoms with Crippen LogP contribution in [0.25, 0.3) is 0 Å². The number of nitrogens with one attached hydrogen (secondary N) is 2. The summed E-state index contributed by atoms with van der Waals surface area (Å²) in [5.74, 6) is -0.0880. The van der Waals surface area contributed by atoms with Crippen molar-refractivity contribution in [3.8, 4) is 0 Å². The first-order valence-corrected chi connectivity index (χ1v) is 7.05. The second-order valence-electron chi connectivity index (χ2n) is 5.01. The largest absolute Gasteiger partial charge is 0.354 e. The van der Waals surface area contributed by atoms with Gasteiger partial charge in [-0.05, 0) is 27.3 Å². The van der Waals surface area contributed by atoms with E-state index in [9.17, 15) is 14.9 Å². The third-order valence-corrected chi connectivity index (χ3v) is 3.23. The van der Waals surface area contributed by atoms with Crippen LogP contribution in [0, 0.1) is 24.0 Å². The molecular formula is C13H23N5O3. The van der Waals surface area contributed by atoms with Crippen molar-refractivity contribution in [2.24, 2.45) is 0 Å². The summed E-state index contributed by atoms with van der Waals surface area (Å²) in [6.45, 7) is 8.99. The van der Waals surface area contributed by atoms with Crippen molar-refractivity contribution in [3.05, 3.63) is 21.5 Å². The Labute approximate surface area is 124 Å². The highest BCUT2D eigenvalue weighted by Crippen LogP contribution is 2.21. The van der Waals surface area contributed by atoms with Crippen LogP contribution in [0.1, 0.15) is 31.7 Å². The molecule has 1 heterocycles. The third-order valence-electron chi connectivity index (χ3n) is 3.23. The van der Waals surface area contributed by atoms with E-state index in [1.807, 2.05) is 13.8 Å². The van der Waals surface area contributed by atoms with Crippen molar-refractivity contribution in [2.75, 3.05) is 13.1 Å². The lowest BCUT2D eigenvalue weighted by molar-refractivity contribution is -0.386. The Kier molecular flexibility index (Phi) is 6.29. The van der Waals surface area contributed by atoms with Crippen molar-refractivity contribution in [3.63, 3.8) is 0 Å². The average molecular weight is 297 g/mol. The monoisotopic (exact) mass is 297 g/mol. The Hall–Kier alpha value is -1.96. The summed E-state index contributed by atoms with van der Waals surface area (Å²) in [7, 11) is 0. The highest BCUT2D eigenvalue weighted by atomic mass is 16.6. The Morgan fingerprint density at radius 1 is 1.48 bits per heavy atom. The molecule has 0 aliphatic rings. The van der Waals surface area contributed by atoms with Gasteiger partial charge >= 0.3 is 5.69 Å². The Balaban J connectivity index is 2.50. The molecule has 0 fully saturated rings. The molecule has 1 rings (SSSR count). The van der Waals surface area contributed by atoms with E-state index in [1.165, 1.54) is 4.68 Å². The molecule has 2 N–H and O–H groups in total. The molecule has 1 amide bonds. The van der Waals surface area contributed by atoms with E-state index in [-0.39, 0.29) is 24.1 Å². The van der Waals surface area contributed by atoms with Crippen LogP contribution in [0.5, 0.6) is 0 Å². The van der Waals surface area contributed by atoms with Gasteiger partial charge in [0.05, 0.1) is 11.5 Å². The number of nitrogens with zero attached hydrogens (tertiary/aromatic N) is 3. The zero-order valence-electron chi connectivity index (χ0n) is 13.0. The van der Waals surface area contributed by atoms with Crippen LogP contribution in [0.4, 0.5) is 5.69 Å². The summed E-state index contributed by atoms with van der Waals surface area (Å²) in [4.78, 5) is 22.2. The van der Waals surface area contributed by atoms with Crippen LogP contribution >= 0.6 is 0 Å². The van der Waals surface area contributed by atoms with E-state index in [4.69, 9.17) is 0 Å². The average Bonchev–Trinajstić information content (AvgIpc) is 2.69. The number of hydrogen-bond donors (Lipinski definition) is 2. The normalized spacial score (nSPS) is 12.2. The van der Waals surface area contributed by atoms with Gasteiger partial charge < -0.3 is 10.6 Å². The fourth-order valence-corrected chi connectivity index (χ4v) is 2.15. The lowest BCUT2D eigenvalue weighted by Gasteiger charge is -2.13. The number of nitro groups is 1. The highest BCUT2D eigenvalue weighted by Gasteiger charge is 2.21. The molecule has 0 bridgehead atoms. The van der Waals surface area contributed by atoms with Gasteiger partial charge in [0.2, 0.25) is 5.91 Å². The summed E-state index contributed by atoms with van der Waals surface area (Å²) in [6.07, 6.45) is 0.248. The summed E-state index contributed by atoms with van der Waals surface area (Å²) < 4.78 is 1.51. The molecule has 118 valence electrons. The van der Waals surface area contributed by atoms with Gasteiger partial charge in [0.15, 0.2) is 0 Å². The summed E-state index contributed by atoms with van der Waals surface area (Å²) >= 11 is 0. The lowest BCUT2D eigenvalue weighted by Crippen LogP contribution is -2.39. The molecule has 8 heteroatoms. The molecule has 0 aliphatic heterocycles. The number of rotatable bonds is 8. The van der Waals surface area contributed by atoms with Crippen LogP contribution in [0.15, 0.2) is 0 Å². The molecule has 8 nitrogen and oxygen atoms in total. The number of carbonyl (C=O) groups excluding carboxylic acids is 1. The fraction of sp³-hybridized carbons (Fsp3) is 0.692. The number of amides is 1. The minimum absolute atomic E-state index is 0.0242. The zero-order chi connectivity index (χ0) is 16.0. The standard InChI is InChI=1S/C13H23N5O3/c1-5-14-9(2)8-15-12(19)6-7-17-11(4)13(18(20)21)10(3)16-17/h9,14H,5-8H2,1-4H3,(H,15,19)/t9-/m1/s1. The number of likely N-dealkylation sites (N-methyl/N-ethyl adjacent to an activating group) is 1. The van der Waals surface area contributed by atoms with Crippen LogP contribution < -0.4 is 10.6 Å². The van der Waals surface area contributed by atoms with Crippen LogP contribution in [0.3, 0.4) is 0 Å². The minimum atomic E-state index is -0.438. The summed E-state index contributed by atoms with van der Waals surface area (Å²) in [6, 6.07) is 0.216. The second kappa shape index (κ2) is 7.72. The third kappa shape index (κ3) is 4.82. The fourth-order valence-electron chi connectivity index (χ4n) is 2.15. The van der Waals surface area contributed by atoms with Gasteiger partial charge in [0.25, 0.3) is 0 Å². The molecule has 1 atom stereocenters. The number of aryl methyl sites for hydroxylation is 2. The molecule has 0 radical (unpaired) electrons. The SMILES string of the molecule is CCN[C@H](C)CNC(=O)CCn1nc(C)c([N+](=O)[O-])c1C. The molecule has 0 saturated heterocycles. The van der Waals surface area contributed by atoms with Gasteiger partial charge in [0.1, 0.15) is 11.4 Å². The number of hydrogen-bond acceptors (Lipinski definition) is 5. The van der Waals surface area contributed by atoms with Gasteiger partial charge in [-0.3, -0.25) is 19.6 Å². The van der Waals surface area contributed by atoms with Crippen molar-refractivity contribution in [1.29, 1.82) is 0 Å². The van der Waals surface area contributed by atoms with Crippen LogP contribution in [-0.2, 0) is 11.3 Å². The Bertz CT molecular complexity index is 512. The maximum Gasteiger partial charge on any atom is 0.312 e. The van der Waals surface area contributed by atoms with Crippen molar-refractivity contribution in [1.82, 2.24) is 20.4 Å². The van der Waals surface area contributed by atoms with E-state index in [0.717, 1.165) is 6.54 Å². The maximum atomic E-state index is 11.7. The first kappa shape index (κ1) is 17.1. The van der Waals surface area contributed by atoms with Crippen LogP contribution in [0.2, 0.25) is 0 Å². The Morgan fingerprint density at radius 2 is 2.14 bits per heavy atom. The lowest BCUT2D eigenvalue weighted by atomic mass is 10.3. The number of carbonyl (C=O) groups is 1. The Morgan fingerprint density at radius 3 is 2.67 bits per heavy atom. The molecule has 1 aromatic heterocycles. The van der Waals surface area contributed by atoms with Gasteiger partial charge in [-0.15, -0.1) is 0 Å². The second-order valence-corrected chi connectivity index (χ2v) is 5.01. The zero-order valence-corrected chi connectivity index (χ0v) is 13.0. The highest BCUT2D eigenvalue weighted by molar-refractivity contribution is 5.75. The van der Waals surface area contributed by atoms with Crippen molar-refractivity contribution in [2.45, 2.75) is 46.7 Å². The molecule has 0 aliphatic carbocycles. The van der Waals surface area contributed by atoms with Gasteiger partial charge in [-0.25, -0.2) is 0 Å². The smallest absolute Gasteiger partial charge is 0.312 e. The first-order valence-electron chi connectivity index (χ1n) is 7.05. The van der Waals surface area contributed by atoms with Crippen molar-refractivity contribution >= 4 is 11.6 Å². The van der Waals surface area contributed by atoms with Crippen molar-refractivity contribution < 1.29 is 9.72 Å². The van der Waals surface area contributed by atoms with E-state index < -0.39 is 4.92 Å². The molecule has 0 saturated carbocycles. The summed E-state index contributed by atoms with van der Waals surface area (Å²) in [5, 5.41) is 21.0. The number of aromatic nitrogens is 2. The van der Waals surface area contributed by atoms with E-state index in [2.05, 4.69) is 15.7 Å². The van der Waals surface area contributed by atoms with Crippen LogP contribution in [-0.4, -0.2) is 39.7 Å². The molecule has 1 aromatic rings. The molecule has 0 aromatic carbocycles. The molecule has 21 heavy (non-hydrogen) atoms. The predicted octanol–water partition coefficient (Wildman–Crippen LogP) is 0.912. The van der Waals surface area contributed by atoms with Gasteiger partial charge in [0, 0.05) is 19.0 Å². The van der Waals surface area contributed by atoms with Gasteiger partial charge in [-0.2, -0.15) is 5.10 Å². The van der Waals surface area contributed by atoms with Gasteiger partial charge in [-0.1, -0.05) is 6.92 Å². The summed E-state index contributed by atoms with van der Waals surface area (Å²) in [5.41, 5.74) is 0.876. The predicted molar refractivity (Wildman–Crippen MR) is 79.1 cm³/mol. The maximum absolute atomic E-state index is 11.7. The first-order chi connectivity index (χ1) is 9.86. The quantitative estimate of drug-likeness (QED) is 0.548. The molecule has 0 unspecified atom stereocenters. The van der Waals surface area contributed by atoms with E-state index in [0.29, 0.717) is 24.5 Å². The minimum Gasteiger partial charge on any atom is -0.354 e. The van der Waals surface area contributed by atoms with E-state index in [1.54, 1.807) is 13.8 Å². The molecular weight excluding hydrogens is 274 g/mol. The topological polar surface area (TPSA) is 102 Å².